The van der Waals surface area contributed by atoms with Gasteiger partial charge in [0.25, 0.3) is 5.69 Å². The monoisotopic (exact) mass is 237 g/mol. The summed E-state index contributed by atoms with van der Waals surface area (Å²) in [6.07, 6.45) is 0. The molecule has 17 heavy (non-hydrogen) atoms. The normalized spacial score (nSPS) is 15.9. The summed E-state index contributed by atoms with van der Waals surface area (Å²) in [6, 6.07) is 3.42. The number of morpholine rings is 1. The standard InChI is InChI=1S/C11H15N3O3/c1-8-6-9(13-2-4-17-5-3-13)7-10(11(8)12)14(15)16/h6-7H,2-5,12H2,1H3. The van der Waals surface area contributed by atoms with E-state index in [1.807, 2.05) is 6.07 Å². The molecule has 0 amide bonds. The molecule has 1 aliphatic rings. The van der Waals surface area contributed by atoms with Gasteiger partial charge >= 0.3 is 0 Å². The van der Waals surface area contributed by atoms with Gasteiger partial charge in [-0.25, -0.2) is 0 Å². The van der Waals surface area contributed by atoms with Crippen LogP contribution < -0.4 is 10.6 Å². The van der Waals surface area contributed by atoms with Crippen molar-refractivity contribution in [1.82, 2.24) is 0 Å². The number of nitro benzene ring substituents is 1. The fraction of sp³-hybridized carbons (Fsp3) is 0.455. The summed E-state index contributed by atoms with van der Waals surface area (Å²) in [5.74, 6) is 0. The van der Waals surface area contributed by atoms with Crippen LogP contribution in [0.15, 0.2) is 12.1 Å². The van der Waals surface area contributed by atoms with Gasteiger partial charge in [-0.3, -0.25) is 10.1 Å². The lowest BCUT2D eigenvalue weighted by molar-refractivity contribution is -0.383. The van der Waals surface area contributed by atoms with Crippen LogP contribution in [-0.2, 0) is 4.74 Å². The summed E-state index contributed by atoms with van der Waals surface area (Å²) in [4.78, 5) is 12.5. The summed E-state index contributed by atoms with van der Waals surface area (Å²) >= 11 is 0. The third-order valence-electron chi connectivity index (χ3n) is 2.92. The molecule has 0 radical (unpaired) electrons. The summed E-state index contributed by atoms with van der Waals surface area (Å²) in [5.41, 5.74) is 7.49. The quantitative estimate of drug-likeness (QED) is 0.476. The third-order valence-corrected chi connectivity index (χ3v) is 2.92. The fourth-order valence-corrected chi connectivity index (χ4v) is 1.92. The maximum Gasteiger partial charge on any atom is 0.294 e. The summed E-state index contributed by atoms with van der Waals surface area (Å²) in [5, 5.41) is 10.9. The number of nitrogen functional groups attached to an aromatic ring is 1. The molecule has 1 saturated heterocycles. The number of aryl methyl sites for hydroxylation is 1. The second-order valence-corrected chi connectivity index (χ2v) is 4.05. The summed E-state index contributed by atoms with van der Waals surface area (Å²) in [6.45, 7) is 4.59. The molecule has 1 aliphatic heterocycles. The SMILES string of the molecule is Cc1cc(N2CCOCC2)cc([N+](=O)[O-])c1N. The third kappa shape index (κ3) is 2.31. The Morgan fingerprint density at radius 1 is 1.41 bits per heavy atom. The van der Waals surface area contributed by atoms with Crippen LogP contribution in [0, 0.1) is 17.0 Å². The Morgan fingerprint density at radius 2 is 2.06 bits per heavy atom. The van der Waals surface area contributed by atoms with E-state index in [-0.39, 0.29) is 11.4 Å². The van der Waals surface area contributed by atoms with Crippen LogP contribution in [0.1, 0.15) is 5.56 Å². The van der Waals surface area contributed by atoms with Crippen LogP contribution in [0.5, 0.6) is 0 Å². The molecule has 1 fully saturated rings. The van der Waals surface area contributed by atoms with E-state index in [0.29, 0.717) is 13.2 Å². The van der Waals surface area contributed by atoms with Gasteiger partial charge in [-0.15, -0.1) is 0 Å². The van der Waals surface area contributed by atoms with Crippen molar-refractivity contribution < 1.29 is 9.66 Å². The number of anilines is 2. The maximum atomic E-state index is 10.9. The molecule has 1 aromatic rings. The van der Waals surface area contributed by atoms with E-state index in [1.54, 1.807) is 6.92 Å². The van der Waals surface area contributed by atoms with Crippen molar-refractivity contribution in [3.8, 4) is 0 Å². The molecule has 0 saturated carbocycles. The Balaban J connectivity index is 2.37. The molecule has 0 spiro atoms. The van der Waals surface area contributed by atoms with E-state index in [0.717, 1.165) is 24.3 Å². The van der Waals surface area contributed by atoms with E-state index in [1.165, 1.54) is 6.07 Å². The smallest absolute Gasteiger partial charge is 0.294 e. The van der Waals surface area contributed by atoms with Crippen molar-refractivity contribution in [3.63, 3.8) is 0 Å². The minimum absolute atomic E-state index is 0.0218. The first kappa shape index (κ1) is 11.7. The van der Waals surface area contributed by atoms with Crippen molar-refractivity contribution in [2.24, 2.45) is 0 Å². The van der Waals surface area contributed by atoms with E-state index in [9.17, 15) is 10.1 Å². The fourth-order valence-electron chi connectivity index (χ4n) is 1.92. The average molecular weight is 237 g/mol. The first-order chi connectivity index (χ1) is 8.09. The first-order valence-electron chi connectivity index (χ1n) is 5.47. The van der Waals surface area contributed by atoms with Crippen LogP contribution in [-0.4, -0.2) is 31.2 Å². The van der Waals surface area contributed by atoms with E-state index < -0.39 is 4.92 Å². The number of nitrogens with zero attached hydrogens (tertiary/aromatic N) is 2. The molecule has 0 atom stereocenters. The predicted molar refractivity (Wildman–Crippen MR) is 65.3 cm³/mol. The maximum absolute atomic E-state index is 10.9. The molecule has 0 aliphatic carbocycles. The lowest BCUT2D eigenvalue weighted by Gasteiger charge is -2.29. The van der Waals surface area contributed by atoms with Crippen LogP contribution in [0.4, 0.5) is 17.1 Å². The zero-order valence-electron chi connectivity index (χ0n) is 9.68. The summed E-state index contributed by atoms with van der Waals surface area (Å²) in [7, 11) is 0. The molecule has 6 heteroatoms. The molecule has 2 N–H and O–H groups in total. The largest absolute Gasteiger partial charge is 0.393 e. The Labute approximate surface area is 99.1 Å². The average Bonchev–Trinajstić information content (AvgIpc) is 2.33. The van der Waals surface area contributed by atoms with Gasteiger partial charge < -0.3 is 15.4 Å². The molecular formula is C11H15N3O3. The van der Waals surface area contributed by atoms with Crippen LogP contribution >= 0.6 is 0 Å². The van der Waals surface area contributed by atoms with E-state index in [2.05, 4.69) is 4.90 Å². The molecule has 0 aromatic heterocycles. The number of hydrogen-bond donors (Lipinski definition) is 1. The predicted octanol–water partition coefficient (Wildman–Crippen LogP) is 1.32. The van der Waals surface area contributed by atoms with Crippen molar-refractivity contribution in [1.29, 1.82) is 0 Å². The Hall–Kier alpha value is -1.82. The van der Waals surface area contributed by atoms with Gasteiger partial charge in [0.2, 0.25) is 0 Å². The minimum Gasteiger partial charge on any atom is -0.393 e. The van der Waals surface area contributed by atoms with Crippen molar-refractivity contribution >= 4 is 17.1 Å². The van der Waals surface area contributed by atoms with Crippen molar-refractivity contribution in [2.45, 2.75) is 6.92 Å². The number of rotatable bonds is 2. The molecule has 92 valence electrons. The van der Waals surface area contributed by atoms with Gasteiger partial charge in [0.1, 0.15) is 5.69 Å². The molecule has 0 bridgehead atoms. The Morgan fingerprint density at radius 3 is 2.65 bits per heavy atom. The lowest BCUT2D eigenvalue weighted by Crippen LogP contribution is -2.36. The van der Waals surface area contributed by atoms with E-state index >= 15 is 0 Å². The number of benzene rings is 1. The van der Waals surface area contributed by atoms with Crippen LogP contribution in [0.3, 0.4) is 0 Å². The minimum atomic E-state index is -0.438. The molecule has 1 aromatic carbocycles. The highest BCUT2D eigenvalue weighted by molar-refractivity contribution is 5.70. The van der Waals surface area contributed by atoms with Gasteiger partial charge in [-0.05, 0) is 18.6 Å². The van der Waals surface area contributed by atoms with Gasteiger partial charge in [-0.2, -0.15) is 0 Å². The number of nitro groups is 1. The highest BCUT2D eigenvalue weighted by atomic mass is 16.6. The second kappa shape index (κ2) is 4.58. The molecular weight excluding hydrogens is 222 g/mol. The zero-order chi connectivity index (χ0) is 12.4. The zero-order valence-corrected chi connectivity index (χ0v) is 9.68. The number of ether oxygens (including phenoxy) is 1. The first-order valence-corrected chi connectivity index (χ1v) is 5.47. The molecule has 0 unspecified atom stereocenters. The second-order valence-electron chi connectivity index (χ2n) is 4.05. The van der Waals surface area contributed by atoms with Crippen molar-refractivity contribution in [3.05, 3.63) is 27.8 Å². The van der Waals surface area contributed by atoms with Crippen LogP contribution in [0.25, 0.3) is 0 Å². The number of nitrogens with two attached hydrogens (primary N) is 1. The highest BCUT2D eigenvalue weighted by Gasteiger charge is 2.19. The van der Waals surface area contributed by atoms with Gasteiger partial charge in [0.15, 0.2) is 0 Å². The van der Waals surface area contributed by atoms with Crippen molar-refractivity contribution in [2.75, 3.05) is 36.9 Å². The lowest BCUT2D eigenvalue weighted by atomic mass is 10.1. The molecule has 2 rings (SSSR count). The molecule has 6 nitrogen and oxygen atoms in total. The van der Waals surface area contributed by atoms with Crippen LogP contribution in [0.2, 0.25) is 0 Å². The van der Waals surface area contributed by atoms with Gasteiger partial charge in [-0.1, -0.05) is 0 Å². The van der Waals surface area contributed by atoms with E-state index in [4.69, 9.17) is 10.5 Å². The van der Waals surface area contributed by atoms with Gasteiger partial charge in [0.05, 0.1) is 18.1 Å². The summed E-state index contributed by atoms with van der Waals surface area (Å²) < 4.78 is 5.25. The number of hydrogen-bond acceptors (Lipinski definition) is 5. The Kier molecular flexibility index (Phi) is 3.14. The Bertz CT molecular complexity index is 442. The topological polar surface area (TPSA) is 81.6 Å². The highest BCUT2D eigenvalue weighted by Crippen LogP contribution is 2.31. The van der Waals surface area contributed by atoms with Gasteiger partial charge in [0, 0.05) is 24.8 Å². The molecule has 1 heterocycles.